The minimum absolute atomic E-state index is 0.113. The van der Waals surface area contributed by atoms with Crippen molar-refractivity contribution in [1.29, 1.82) is 0 Å². The number of aromatic nitrogens is 1. The summed E-state index contributed by atoms with van der Waals surface area (Å²) in [6.45, 7) is 1.96. The van der Waals surface area contributed by atoms with Crippen molar-refractivity contribution in [3.63, 3.8) is 0 Å². The smallest absolute Gasteiger partial charge is 0.251 e. The summed E-state index contributed by atoms with van der Waals surface area (Å²) in [6, 6.07) is 9.68. The number of benzene rings is 1. The molecule has 2 aromatic rings. The Bertz CT molecular complexity index is 752. The third kappa shape index (κ3) is 5.49. The highest BCUT2D eigenvalue weighted by molar-refractivity contribution is 6.06. The zero-order valence-corrected chi connectivity index (χ0v) is 14.0. The number of carbonyl (C=O) groups excluding carboxylic acids is 3. The average molecular weight is 336 g/mol. The van der Waals surface area contributed by atoms with Crippen molar-refractivity contribution < 1.29 is 14.4 Å². The lowest BCUT2D eigenvalue weighted by Crippen LogP contribution is -2.35. The number of nitrogens with zero attached hydrogens (tertiary/aromatic N) is 1. The van der Waals surface area contributed by atoms with Gasteiger partial charge in [-0.1, -0.05) is 31.6 Å². The molecule has 0 radical (unpaired) electrons. The average Bonchev–Trinajstić information content (AvgIpc) is 2.66. The summed E-state index contributed by atoms with van der Waals surface area (Å²) in [5.41, 5.74) is 1.85. The van der Waals surface area contributed by atoms with Gasteiger partial charge < -0.3 is 10.1 Å². The molecule has 128 valence electrons. The summed E-state index contributed by atoms with van der Waals surface area (Å²) in [4.78, 5) is 38.9. The van der Waals surface area contributed by atoms with Gasteiger partial charge in [0.15, 0.2) is 5.78 Å². The molecule has 0 aliphatic carbocycles. The number of amides is 1. The van der Waals surface area contributed by atoms with E-state index in [9.17, 15) is 14.4 Å². The molecule has 1 aromatic heterocycles. The Balaban J connectivity index is 1.99. The first-order valence-corrected chi connectivity index (χ1v) is 8.12. The molecular formula is C20H20N2O3. The van der Waals surface area contributed by atoms with Crippen molar-refractivity contribution >= 4 is 24.1 Å². The Morgan fingerprint density at radius 3 is 2.36 bits per heavy atom. The van der Waals surface area contributed by atoms with Crippen LogP contribution >= 0.6 is 0 Å². The molecule has 0 aliphatic rings. The number of hydrogen-bond donors (Lipinski definition) is 1. The Labute approximate surface area is 146 Å². The maximum atomic E-state index is 12.1. The van der Waals surface area contributed by atoms with E-state index in [1.54, 1.807) is 54.9 Å². The van der Waals surface area contributed by atoms with Crippen molar-refractivity contribution in [3.05, 3.63) is 71.6 Å². The summed E-state index contributed by atoms with van der Waals surface area (Å²) in [5, 5.41) is 2.69. The van der Waals surface area contributed by atoms with Gasteiger partial charge in [0.25, 0.3) is 5.91 Å². The molecule has 2 rings (SSSR count). The Morgan fingerprint density at radius 2 is 1.76 bits per heavy atom. The zero-order valence-electron chi connectivity index (χ0n) is 14.0. The van der Waals surface area contributed by atoms with E-state index in [1.807, 2.05) is 6.92 Å². The summed E-state index contributed by atoms with van der Waals surface area (Å²) < 4.78 is 0. The fraction of sp³-hybridized carbons (Fsp3) is 0.200. The maximum Gasteiger partial charge on any atom is 0.251 e. The van der Waals surface area contributed by atoms with Crippen LogP contribution in [0.1, 0.15) is 46.0 Å². The van der Waals surface area contributed by atoms with Gasteiger partial charge in [-0.05, 0) is 42.3 Å². The number of allylic oxidation sites excluding steroid dienone is 1. The van der Waals surface area contributed by atoms with Gasteiger partial charge in [0.1, 0.15) is 6.29 Å². The molecule has 1 N–H and O–H groups in total. The molecular weight excluding hydrogens is 316 g/mol. The van der Waals surface area contributed by atoms with Gasteiger partial charge in [-0.25, -0.2) is 0 Å². The van der Waals surface area contributed by atoms with E-state index >= 15 is 0 Å². The molecule has 0 fully saturated rings. The minimum Gasteiger partial charge on any atom is -0.343 e. The van der Waals surface area contributed by atoms with Crippen LogP contribution in [0.15, 0.2) is 54.9 Å². The largest absolute Gasteiger partial charge is 0.343 e. The van der Waals surface area contributed by atoms with Crippen LogP contribution in [0.2, 0.25) is 0 Å². The molecule has 1 aromatic carbocycles. The minimum atomic E-state index is -0.463. The number of hydrogen-bond acceptors (Lipinski definition) is 4. The molecule has 0 saturated heterocycles. The highest BCUT2D eigenvalue weighted by Crippen LogP contribution is 2.08. The van der Waals surface area contributed by atoms with Crippen LogP contribution in [0.5, 0.6) is 0 Å². The zero-order chi connectivity index (χ0) is 18.1. The van der Waals surface area contributed by atoms with Crippen LogP contribution in [-0.4, -0.2) is 29.0 Å². The summed E-state index contributed by atoms with van der Waals surface area (Å²) >= 11 is 0. The van der Waals surface area contributed by atoms with Crippen molar-refractivity contribution in [1.82, 2.24) is 10.3 Å². The van der Waals surface area contributed by atoms with E-state index in [-0.39, 0.29) is 11.7 Å². The van der Waals surface area contributed by atoms with E-state index in [4.69, 9.17) is 0 Å². The number of rotatable bonds is 8. The topological polar surface area (TPSA) is 76.1 Å². The van der Waals surface area contributed by atoms with Gasteiger partial charge >= 0.3 is 0 Å². The molecule has 1 unspecified atom stereocenters. The molecule has 1 atom stereocenters. The number of nitrogens with one attached hydrogen (secondary N) is 1. The van der Waals surface area contributed by atoms with Crippen molar-refractivity contribution in [2.45, 2.75) is 25.8 Å². The molecule has 0 saturated carbocycles. The second kappa shape index (κ2) is 9.27. The van der Waals surface area contributed by atoms with Gasteiger partial charge in [-0.15, -0.1) is 0 Å². The second-order valence-corrected chi connectivity index (χ2v) is 5.56. The first-order chi connectivity index (χ1) is 12.1. The Hall–Kier alpha value is -3.08. The van der Waals surface area contributed by atoms with Crippen molar-refractivity contribution in [3.8, 4) is 0 Å². The number of ketones is 1. The summed E-state index contributed by atoms with van der Waals surface area (Å²) in [7, 11) is 0. The van der Waals surface area contributed by atoms with Gasteiger partial charge in [0.2, 0.25) is 0 Å². The van der Waals surface area contributed by atoms with Gasteiger partial charge in [0, 0.05) is 23.5 Å². The third-order valence-electron chi connectivity index (χ3n) is 3.65. The standard InChI is InChI=1S/C20H20N2O3/c1-2-3-18(14-23)22-20(25)17-7-4-15(5-8-17)6-9-19(24)16-10-12-21-13-11-16/h4-14,18H,2-3H2,1H3,(H,22,25). The van der Waals surface area contributed by atoms with Crippen LogP contribution < -0.4 is 5.32 Å². The number of pyridine rings is 1. The Morgan fingerprint density at radius 1 is 1.08 bits per heavy atom. The quantitative estimate of drug-likeness (QED) is 0.457. The van der Waals surface area contributed by atoms with Crippen LogP contribution in [0.3, 0.4) is 0 Å². The molecule has 5 nitrogen and oxygen atoms in total. The summed E-state index contributed by atoms with van der Waals surface area (Å²) in [5.74, 6) is -0.397. The molecule has 5 heteroatoms. The molecule has 1 heterocycles. The predicted octanol–water partition coefficient (Wildman–Crippen LogP) is 3.08. The molecule has 0 spiro atoms. The monoisotopic (exact) mass is 336 g/mol. The third-order valence-corrected chi connectivity index (χ3v) is 3.65. The molecule has 0 bridgehead atoms. The number of aldehydes is 1. The fourth-order valence-electron chi connectivity index (χ4n) is 2.27. The molecule has 1 amide bonds. The van der Waals surface area contributed by atoms with Crippen LogP contribution in [-0.2, 0) is 4.79 Å². The highest BCUT2D eigenvalue weighted by Gasteiger charge is 2.11. The first kappa shape index (κ1) is 18.3. The van der Waals surface area contributed by atoms with E-state index < -0.39 is 6.04 Å². The lowest BCUT2D eigenvalue weighted by molar-refractivity contribution is -0.109. The van der Waals surface area contributed by atoms with Crippen LogP contribution in [0.4, 0.5) is 0 Å². The SMILES string of the molecule is CCCC(C=O)NC(=O)c1ccc(C=CC(=O)c2ccncc2)cc1. The normalized spacial score (nSPS) is 11.9. The summed E-state index contributed by atoms with van der Waals surface area (Å²) in [6.07, 6.45) is 8.50. The molecule has 25 heavy (non-hydrogen) atoms. The first-order valence-electron chi connectivity index (χ1n) is 8.12. The van der Waals surface area contributed by atoms with E-state index in [2.05, 4.69) is 10.3 Å². The second-order valence-electron chi connectivity index (χ2n) is 5.56. The van der Waals surface area contributed by atoms with Gasteiger partial charge in [-0.2, -0.15) is 0 Å². The lowest BCUT2D eigenvalue weighted by atomic mass is 10.1. The maximum absolute atomic E-state index is 12.1. The van der Waals surface area contributed by atoms with E-state index in [0.717, 1.165) is 18.3 Å². The Kier molecular flexibility index (Phi) is 6.77. The van der Waals surface area contributed by atoms with E-state index in [1.165, 1.54) is 6.08 Å². The predicted molar refractivity (Wildman–Crippen MR) is 96.3 cm³/mol. The van der Waals surface area contributed by atoms with Gasteiger partial charge in [0.05, 0.1) is 6.04 Å². The van der Waals surface area contributed by atoms with Crippen LogP contribution in [0, 0.1) is 0 Å². The highest BCUT2D eigenvalue weighted by atomic mass is 16.2. The van der Waals surface area contributed by atoms with Crippen molar-refractivity contribution in [2.75, 3.05) is 0 Å². The van der Waals surface area contributed by atoms with Crippen molar-refractivity contribution in [2.24, 2.45) is 0 Å². The lowest BCUT2D eigenvalue weighted by Gasteiger charge is -2.11. The van der Waals surface area contributed by atoms with E-state index in [0.29, 0.717) is 17.5 Å². The molecule has 0 aliphatic heterocycles. The van der Waals surface area contributed by atoms with Crippen LogP contribution in [0.25, 0.3) is 6.08 Å². The number of carbonyl (C=O) groups is 3. The van der Waals surface area contributed by atoms with Gasteiger partial charge in [-0.3, -0.25) is 14.6 Å². The fourth-order valence-corrected chi connectivity index (χ4v) is 2.27.